The van der Waals surface area contributed by atoms with E-state index in [0.717, 1.165) is 18.5 Å². The molecule has 1 nitrogen and oxygen atoms in total. The molecule has 1 saturated carbocycles. The van der Waals surface area contributed by atoms with E-state index in [4.69, 9.17) is 0 Å². The Morgan fingerprint density at radius 3 is 2.76 bits per heavy atom. The van der Waals surface area contributed by atoms with E-state index in [0.29, 0.717) is 11.3 Å². The van der Waals surface area contributed by atoms with E-state index in [-0.39, 0.29) is 11.9 Å². The largest absolute Gasteiger partial charge is 0.310 e. The van der Waals surface area contributed by atoms with Crippen LogP contribution < -0.4 is 5.32 Å². The van der Waals surface area contributed by atoms with Crippen LogP contribution in [0.4, 0.5) is 4.39 Å². The molecule has 1 aliphatic rings. The third-order valence-electron chi connectivity index (χ3n) is 5.18. The van der Waals surface area contributed by atoms with Gasteiger partial charge >= 0.3 is 0 Å². The lowest BCUT2D eigenvalue weighted by molar-refractivity contribution is 0.0978. The first-order valence-electron chi connectivity index (χ1n) is 8.45. The van der Waals surface area contributed by atoms with Crippen molar-refractivity contribution in [1.82, 2.24) is 5.32 Å². The molecule has 0 bridgehead atoms. The molecule has 0 spiro atoms. The fourth-order valence-corrected chi connectivity index (χ4v) is 3.85. The van der Waals surface area contributed by atoms with Gasteiger partial charge in [-0.25, -0.2) is 4.39 Å². The summed E-state index contributed by atoms with van der Waals surface area (Å²) in [4.78, 5) is 0. The zero-order valence-electron chi connectivity index (χ0n) is 14.0. The quantitative estimate of drug-likeness (QED) is 0.766. The van der Waals surface area contributed by atoms with Gasteiger partial charge in [0, 0.05) is 6.04 Å². The maximum absolute atomic E-state index is 13.8. The van der Waals surface area contributed by atoms with Gasteiger partial charge in [-0.2, -0.15) is 0 Å². The number of hydrogen-bond acceptors (Lipinski definition) is 1. The van der Waals surface area contributed by atoms with E-state index in [2.05, 4.69) is 33.0 Å². The Balaban J connectivity index is 2.35. The molecular formula is C19H30FN. The highest BCUT2D eigenvalue weighted by Gasteiger charge is 2.38. The SMILES string of the molecule is CCCNC(c1cc(F)ccc1C)C1CCCCC1(C)C. The summed E-state index contributed by atoms with van der Waals surface area (Å²) in [5.74, 6) is 0.464. The lowest BCUT2D eigenvalue weighted by Crippen LogP contribution is -2.39. The summed E-state index contributed by atoms with van der Waals surface area (Å²) in [6, 6.07) is 5.51. The van der Waals surface area contributed by atoms with Crippen LogP contribution in [0, 0.1) is 24.1 Å². The highest BCUT2D eigenvalue weighted by molar-refractivity contribution is 5.30. The molecule has 0 radical (unpaired) electrons. The van der Waals surface area contributed by atoms with Crippen LogP contribution >= 0.6 is 0 Å². The van der Waals surface area contributed by atoms with Crippen molar-refractivity contribution in [2.24, 2.45) is 11.3 Å². The minimum absolute atomic E-state index is 0.118. The fourth-order valence-electron chi connectivity index (χ4n) is 3.85. The standard InChI is InChI=1S/C19H30FN/c1-5-12-21-18(16-13-15(20)10-9-14(16)2)17-8-6-7-11-19(17,3)4/h9-10,13,17-18,21H,5-8,11-12H2,1-4H3. The van der Waals surface area contributed by atoms with Crippen LogP contribution in [0.1, 0.15) is 70.0 Å². The molecule has 0 heterocycles. The first-order valence-corrected chi connectivity index (χ1v) is 8.45. The van der Waals surface area contributed by atoms with Crippen LogP contribution in [0.3, 0.4) is 0 Å². The molecular weight excluding hydrogens is 261 g/mol. The zero-order valence-corrected chi connectivity index (χ0v) is 14.0. The predicted molar refractivity (Wildman–Crippen MR) is 87.9 cm³/mol. The van der Waals surface area contributed by atoms with Crippen molar-refractivity contribution in [2.75, 3.05) is 6.54 Å². The highest BCUT2D eigenvalue weighted by atomic mass is 19.1. The maximum Gasteiger partial charge on any atom is 0.123 e. The lowest BCUT2D eigenvalue weighted by Gasteiger charge is -2.44. The van der Waals surface area contributed by atoms with Gasteiger partial charge in [-0.05, 0) is 67.3 Å². The predicted octanol–water partition coefficient (Wildman–Crippen LogP) is 5.39. The Kier molecular flexibility index (Phi) is 5.43. The van der Waals surface area contributed by atoms with Crippen molar-refractivity contribution in [2.45, 2.75) is 65.8 Å². The minimum atomic E-state index is -0.118. The van der Waals surface area contributed by atoms with Crippen molar-refractivity contribution in [3.63, 3.8) is 0 Å². The van der Waals surface area contributed by atoms with E-state index in [9.17, 15) is 4.39 Å². The lowest BCUT2D eigenvalue weighted by atomic mass is 9.64. The van der Waals surface area contributed by atoms with Crippen molar-refractivity contribution in [1.29, 1.82) is 0 Å². The molecule has 2 atom stereocenters. The molecule has 0 amide bonds. The fraction of sp³-hybridized carbons (Fsp3) is 0.684. The third kappa shape index (κ3) is 3.85. The number of aryl methyl sites for hydroxylation is 1. The number of hydrogen-bond donors (Lipinski definition) is 1. The maximum atomic E-state index is 13.8. The highest BCUT2D eigenvalue weighted by Crippen LogP contribution is 2.47. The van der Waals surface area contributed by atoms with Gasteiger partial charge in [-0.1, -0.05) is 39.7 Å². The summed E-state index contributed by atoms with van der Waals surface area (Å²) in [5, 5.41) is 3.71. The summed E-state index contributed by atoms with van der Waals surface area (Å²) in [6.07, 6.45) is 6.25. The van der Waals surface area contributed by atoms with Crippen LogP contribution in [0.15, 0.2) is 18.2 Å². The van der Waals surface area contributed by atoms with Crippen LogP contribution in [0.2, 0.25) is 0 Å². The summed E-state index contributed by atoms with van der Waals surface area (Å²) >= 11 is 0. The molecule has 2 heteroatoms. The van der Waals surface area contributed by atoms with Gasteiger partial charge in [-0.3, -0.25) is 0 Å². The average Bonchev–Trinajstić information content (AvgIpc) is 2.44. The van der Waals surface area contributed by atoms with E-state index >= 15 is 0 Å². The van der Waals surface area contributed by atoms with Gasteiger partial charge in [0.1, 0.15) is 5.82 Å². The molecule has 0 aromatic heterocycles. The van der Waals surface area contributed by atoms with E-state index in [1.807, 2.05) is 6.07 Å². The molecule has 118 valence electrons. The van der Waals surface area contributed by atoms with E-state index in [1.54, 1.807) is 12.1 Å². The summed E-state index contributed by atoms with van der Waals surface area (Å²) in [7, 11) is 0. The van der Waals surface area contributed by atoms with Crippen molar-refractivity contribution >= 4 is 0 Å². The molecule has 1 aliphatic carbocycles. The van der Waals surface area contributed by atoms with Gasteiger partial charge in [0.2, 0.25) is 0 Å². The van der Waals surface area contributed by atoms with Gasteiger partial charge in [0.25, 0.3) is 0 Å². The second-order valence-corrected chi connectivity index (χ2v) is 7.27. The van der Waals surface area contributed by atoms with Gasteiger partial charge in [0.05, 0.1) is 0 Å². The first-order chi connectivity index (χ1) is 9.95. The summed E-state index contributed by atoms with van der Waals surface area (Å²) < 4.78 is 13.8. The van der Waals surface area contributed by atoms with Gasteiger partial charge in [-0.15, -0.1) is 0 Å². The van der Waals surface area contributed by atoms with Crippen LogP contribution in [0.25, 0.3) is 0 Å². The summed E-state index contributed by atoms with van der Waals surface area (Å²) in [5.41, 5.74) is 2.68. The average molecular weight is 291 g/mol. The van der Waals surface area contributed by atoms with Gasteiger partial charge in [0.15, 0.2) is 0 Å². The normalized spacial score (nSPS) is 23.0. The number of rotatable bonds is 5. The second-order valence-electron chi connectivity index (χ2n) is 7.27. The first kappa shape index (κ1) is 16.5. The van der Waals surface area contributed by atoms with Crippen LogP contribution in [0.5, 0.6) is 0 Å². The molecule has 0 saturated heterocycles. The third-order valence-corrected chi connectivity index (χ3v) is 5.18. The van der Waals surface area contributed by atoms with Crippen LogP contribution in [-0.4, -0.2) is 6.54 Å². The Morgan fingerprint density at radius 1 is 1.33 bits per heavy atom. The smallest absolute Gasteiger partial charge is 0.123 e. The number of nitrogens with one attached hydrogen (secondary N) is 1. The Hall–Kier alpha value is -0.890. The Labute approximate surface area is 129 Å². The van der Waals surface area contributed by atoms with Crippen molar-refractivity contribution in [3.05, 3.63) is 35.1 Å². The molecule has 1 aromatic rings. The van der Waals surface area contributed by atoms with Gasteiger partial charge < -0.3 is 5.32 Å². The monoisotopic (exact) mass is 291 g/mol. The van der Waals surface area contributed by atoms with E-state index < -0.39 is 0 Å². The second kappa shape index (κ2) is 6.91. The zero-order chi connectivity index (χ0) is 15.5. The molecule has 2 unspecified atom stereocenters. The Bertz CT molecular complexity index is 467. The molecule has 21 heavy (non-hydrogen) atoms. The van der Waals surface area contributed by atoms with Crippen molar-refractivity contribution < 1.29 is 4.39 Å². The Morgan fingerprint density at radius 2 is 2.10 bits per heavy atom. The number of halogens is 1. The van der Waals surface area contributed by atoms with Crippen molar-refractivity contribution in [3.8, 4) is 0 Å². The molecule has 1 fully saturated rings. The van der Waals surface area contributed by atoms with Crippen LogP contribution in [-0.2, 0) is 0 Å². The van der Waals surface area contributed by atoms with E-state index in [1.165, 1.54) is 31.2 Å². The molecule has 0 aliphatic heterocycles. The topological polar surface area (TPSA) is 12.0 Å². The number of benzene rings is 1. The molecule has 1 N–H and O–H groups in total. The molecule has 2 rings (SSSR count). The molecule has 1 aromatic carbocycles. The minimum Gasteiger partial charge on any atom is -0.310 e. The summed E-state index contributed by atoms with van der Waals surface area (Å²) in [6.45, 7) is 10.0.